The van der Waals surface area contributed by atoms with Crippen molar-refractivity contribution in [2.24, 2.45) is 0 Å². The molecule has 3 rings (SSSR count). The van der Waals surface area contributed by atoms with E-state index in [1.807, 2.05) is 0 Å². The Morgan fingerprint density at radius 3 is 2.50 bits per heavy atom. The molecular weight excluding hydrogens is 242 g/mol. The van der Waals surface area contributed by atoms with Crippen molar-refractivity contribution >= 4 is 0 Å². The predicted octanol–water partition coefficient (Wildman–Crippen LogP) is 4.90. The molecule has 1 heterocycles. The van der Waals surface area contributed by atoms with Crippen LogP contribution >= 0.6 is 0 Å². The smallest absolute Gasteiger partial charge is 0.0320 e. The molecule has 1 nitrogen and oxygen atoms in total. The number of hydrogen-bond donors (Lipinski definition) is 1. The quantitative estimate of drug-likeness (QED) is 0.832. The lowest BCUT2D eigenvalue weighted by Gasteiger charge is -2.18. The molecule has 1 aliphatic heterocycles. The van der Waals surface area contributed by atoms with Crippen LogP contribution in [0, 0.1) is 0 Å². The van der Waals surface area contributed by atoms with Gasteiger partial charge in [-0.2, -0.15) is 0 Å². The fourth-order valence-corrected chi connectivity index (χ4v) is 3.13. The highest BCUT2D eigenvalue weighted by Crippen LogP contribution is 2.33. The second-order valence-corrected chi connectivity index (χ2v) is 6.02. The molecular formula is C19H23N. The first-order valence-corrected chi connectivity index (χ1v) is 7.68. The molecule has 2 aromatic rings. The SMILES string of the molecule is CC(C)c1ccc(C2CCCN2)cc1-c1ccccc1. The Kier molecular flexibility index (Phi) is 3.88. The third kappa shape index (κ3) is 2.64. The molecule has 1 saturated heterocycles. The maximum Gasteiger partial charge on any atom is 0.0320 e. The summed E-state index contributed by atoms with van der Waals surface area (Å²) in [5.74, 6) is 0.552. The lowest BCUT2D eigenvalue weighted by molar-refractivity contribution is 0.647. The molecule has 0 bridgehead atoms. The molecule has 2 aromatic carbocycles. The van der Waals surface area contributed by atoms with Crippen LogP contribution in [0.4, 0.5) is 0 Å². The highest BCUT2D eigenvalue weighted by molar-refractivity contribution is 5.69. The Bertz CT molecular complexity index is 566. The van der Waals surface area contributed by atoms with Gasteiger partial charge in [0, 0.05) is 6.04 Å². The van der Waals surface area contributed by atoms with Crippen LogP contribution in [0.1, 0.15) is 49.8 Å². The summed E-state index contributed by atoms with van der Waals surface area (Å²) in [6.45, 7) is 5.70. The van der Waals surface area contributed by atoms with Crippen LogP contribution in [-0.2, 0) is 0 Å². The van der Waals surface area contributed by atoms with E-state index in [4.69, 9.17) is 0 Å². The molecule has 1 fully saturated rings. The monoisotopic (exact) mass is 265 g/mol. The van der Waals surface area contributed by atoms with Gasteiger partial charge in [-0.25, -0.2) is 0 Å². The van der Waals surface area contributed by atoms with Crippen LogP contribution in [-0.4, -0.2) is 6.54 Å². The number of hydrogen-bond acceptors (Lipinski definition) is 1. The minimum atomic E-state index is 0.540. The largest absolute Gasteiger partial charge is 0.310 e. The summed E-state index contributed by atoms with van der Waals surface area (Å²) < 4.78 is 0. The summed E-state index contributed by atoms with van der Waals surface area (Å²) in [6.07, 6.45) is 2.55. The van der Waals surface area contributed by atoms with Crippen LogP contribution in [0.2, 0.25) is 0 Å². The van der Waals surface area contributed by atoms with Crippen molar-refractivity contribution in [1.82, 2.24) is 5.32 Å². The zero-order valence-electron chi connectivity index (χ0n) is 12.4. The van der Waals surface area contributed by atoms with E-state index in [9.17, 15) is 0 Å². The number of benzene rings is 2. The molecule has 1 heteroatoms. The topological polar surface area (TPSA) is 12.0 Å². The molecule has 104 valence electrons. The van der Waals surface area contributed by atoms with E-state index in [1.165, 1.54) is 35.1 Å². The maximum absolute atomic E-state index is 3.60. The van der Waals surface area contributed by atoms with Gasteiger partial charge in [0.2, 0.25) is 0 Å². The average Bonchev–Trinajstić information content (AvgIpc) is 3.02. The second kappa shape index (κ2) is 5.80. The van der Waals surface area contributed by atoms with Gasteiger partial charge in [-0.1, -0.05) is 56.3 Å². The molecule has 0 aliphatic carbocycles. The van der Waals surface area contributed by atoms with E-state index in [0.29, 0.717) is 12.0 Å². The van der Waals surface area contributed by atoms with Crippen LogP contribution in [0.3, 0.4) is 0 Å². The molecule has 1 unspecified atom stereocenters. The summed E-state index contributed by atoms with van der Waals surface area (Å²) in [7, 11) is 0. The van der Waals surface area contributed by atoms with Gasteiger partial charge in [-0.15, -0.1) is 0 Å². The van der Waals surface area contributed by atoms with Crippen molar-refractivity contribution in [2.75, 3.05) is 6.54 Å². The van der Waals surface area contributed by atoms with Crippen molar-refractivity contribution in [3.8, 4) is 11.1 Å². The Morgan fingerprint density at radius 2 is 1.85 bits per heavy atom. The Labute approximate surface area is 122 Å². The highest BCUT2D eigenvalue weighted by Gasteiger charge is 2.18. The lowest BCUT2D eigenvalue weighted by atomic mass is 9.89. The molecule has 1 aliphatic rings. The van der Waals surface area contributed by atoms with E-state index >= 15 is 0 Å². The lowest BCUT2D eigenvalue weighted by Crippen LogP contribution is -2.13. The van der Waals surface area contributed by atoms with E-state index in [2.05, 4.69) is 67.7 Å². The van der Waals surface area contributed by atoms with Gasteiger partial charge < -0.3 is 5.32 Å². The van der Waals surface area contributed by atoms with Gasteiger partial charge in [0.1, 0.15) is 0 Å². The Morgan fingerprint density at radius 1 is 1.05 bits per heavy atom. The highest BCUT2D eigenvalue weighted by atomic mass is 14.9. The zero-order chi connectivity index (χ0) is 13.9. The normalized spacial score (nSPS) is 18.6. The summed E-state index contributed by atoms with van der Waals surface area (Å²) in [5, 5.41) is 3.60. The van der Waals surface area contributed by atoms with Crippen molar-refractivity contribution in [3.05, 3.63) is 59.7 Å². The van der Waals surface area contributed by atoms with Gasteiger partial charge >= 0.3 is 0 Å². The second-order valence-electron chi connectivity index (χ2n) is 6.02. The third-order valence-electron chi connectivity index (χ3n) is 4.25. The van der Waals surface area contributed by atoms with Gasteiger partial charge in [0.25, 0.3) is 0 Å². The van der Waals surface area contributed by atoms with Gasteiger partial charge in [0.05, 0.1) is 0 Å². The molecule has 0 saturated carbocycles. The fraction of sp³-hybridized carbons (Fsp3) is 0.368. The van der Waals surface area contributed by atoms with Crippen LogP contribution < -0.4 is 5.32 Å². The third-order valence-corrected chi connectivity index (χ3v) is 4.25. The Balaban J connectivity index is 2.06. The predicted molar refractivity (Wildman–Crippen MR) is 85.9 cm³/mol. The molecule has 20 heavy (non-hydrogen) atoms. The number of rotatable bonds is 3. The minimum Gasteiger partial charge on any atom is -0.310 e. The molecule has 0 aromatic heterocycles. The molecule has 0 amide bonds. The van der Waals surface area contributed by atoms with Gasteiger partial charge in [0.15, 0.2) is 0 Å². The summed E-state index contributed by atoms with van der Waals surface area (Å²) >= 11 is 0. The number of nitrogens with one attached hydrogen (secondary N) is 1. The van der Waals surface area contributed by atoms with E-state index in [0.717, 1.165) is 6.54 Å². The first-order chi connectivity index (χ1) is 9.75. The van der Waals surface area contributed by atoms with Crippen molar-refractivity contribution in [3.63, 3.8) is 0 Å². The molecule has 0 spiro atoms. The molecule has 0 radical (unpaired) electrons. The zero-order valence-corrected chi connectivity index (χ0v) is 12.4. The summed E-state index contributed by atoms with van der Waals surface area (Å²) in [4.78, 5) is 0. The first-order valence-electron chi connectivity index (χ1n) is 7.68. The minimum absolute atomic E-state index is 0.540. The molecule has 1 atom stereocenters. The summed E-state index contributed by atoms with van der Waals surface area (Å²) in [5.41, 5.74) is 5.60. The van der Waals surface area contributed by atoms with Crippen LogP contribution in [0.5, 0.6) is 0 Å². The van der Waals surface area contributed by atoms with Crippen molar-refractivity contribution < 1.29 is 0 Å². The molecule has 1 N–H and O–H groups in total. The fourth-order valence-electron chi connectivity index (χ4n) is 3.13. The standard InChI is InChI=1S/C19H23N/c1-14(2)17-11-10-16(19-9-6-12-20-19)13-18(17)15-7-4-3-5-8-15/h3-5,7-8,10-11,13-14,19-20H,6,9,12H2,1-2H3. The van der Waals surface area contributed by atoms with Crippen LogP contribution in [0.25, 0.3) is 11.1 Å². The van der Waals surface area contributed by atoms with E-state index in [-0.39, 0.29) is 0 Å². The van der Waals surface area contributed by atoms with Crippen molar-refractivity contribution in [1.29, 1.82) is 0 Å². The van der Waals surface area contributed by atoms with E-state index < -0.39 is 0 Å². The summed E-state index contributed by atoms with van der Waals surface area (Å²) in [6, 6.07) is 18.3. The Hall–Kier alpha value is -1.60. The van der Waals surface area contributed by atoms with Crippen LogP contribution in [0.15, 0.2) is 48.5 Å². The first kappa shape index (κ1) is 13.4. The van der Waals surface area contributed by atoms with Gasteiger partial charge in [-0.3, -0.25) is 0 Å². The van der Waals surface area contributed by atoms with Crippen molar-refractivity contribution in [2.45, 2.75) is 38.6 Å². The average molecular weight is 265 g/mol. The maximum atomic E-state index is 3.60. The van der Waals surface area contributed by atoms with E-state index in [1.54, 1.807) is 0 Å². The van der Waals surface area contributed by atoms with Gasteiger partial charge in [-0.05, 0) is 53.6 Å².